The van der Waals surface area contributed by atoms with Gasteiger partial charge in [-0.05, 0) is 30.5 Å². The van der Waals surface area contributed by atoms with Gasteiger partial charge in [-0.15, -0.1) is 0 Å². The summed E-state index contributed by atoms with van der Waals surface area (Å²) >= 11 is 5.93. The highest BCUT2D eigenvalue weighted by Crippen LogP contribution is 2.30. The molecule has 0 aliphatic carbocycles. The average Bonchev–Trinajstić information content (AvgIpc) is 3.09. The summed E-state index contributed by atoms with van der Waals surface area (Å²) in [5, 5.41) is 3.49. The number of ether oxygens (including phenoxy) is 2. The first kappa shape index (κ1) is 17.2. The third-order valence-corrected chi connectivity index (χ3v) is 4.73. The molecule has 1 aromatic rings. The van der Waals surface area contributed by atoms with E-state index >= 15 is 0 Å². The first-order chi connectivity index (χ1) is 11.6. The molecule has 7 heteroatoms. The van der Waals surface area contributed by atoms with Gasteiger partial charge in [0.25, 0.3) is 5.91 Å². The van der Waals surface area contributed by atoms with Crippen molar-refractivity contribution in [1.29, 1.82) is 0 Å². The number of nitrogens with zero attached hydrogens (tertiary/aromatic N) is 1. The standard InChI is InChI=1S/C17H21ClN2O4/c1-20-14(21)10-24-16(15(20)11-4-6-12(18)7-5-11)17(22)19-9-13-3-2-8-23-13/h4-7,13,15-16H,2-3,8-10H2,1H3,(H,19,22)/t13-,15-,16+/m1/s1. The lowest BCUT2D eigenvalue weighted by Gasteiger charge is -2.38. The number of morpholine rings is 1. The van der Waals surface area contributed by atoms with Gasteiger partial charge in [-0.25, -0.2) is 0 Å². The molecule has 3 atom stereocenters. The topological polar surface area (TPSA) is 67.9 Å². The van der Waals surface area contributed by atoms with Crippen molar-refractivity contribution in [2.24, 2.45) is 0 Å². The molecule has 0 bridgehead atoms. The van der Waals surface area contributed by atoms with E-state index in [4.69, 9.17) is 21.1 Å². The summed E-state index contributed by atoms with van der Waals surface area (Å²) in [4.78, 5) is 26.2. The zero-order valence-electron chi connectivity index (χ0n) is 13.5. The number of benzene rings is 1. The first-order valence-corrected chi connectivity index (χ1v) is 8.46. The molecule has 1 N–H and O–H groups in total. The molecule has 0 saturated carbocycles. The number of carbonyl (C=O) groups is 2. The maximum absolute atomic E-state index is 12.6. The molecule has 0 unspecified atom stereocenters. The van der Waals surface area contributed by atoms with Gasteiger partial charge in [0.1, 0.15) is 6.61 Å². The number of hydrogen-bond donors (Lipinski definition) is 1. The lowest BCUT2D eigenvalue weighted by atomic mass is 9.97. The van der Waals surface area contributed by atoms with Crippen LogP contribution in [-0.4, -0.2) is 55.7 Å². The SMILES string of the molecule is CN1C(=O)CO[C@H](C(=O)NC[C@H]2CCCO2)[C@H]1c1ccc(Cl)cc1. The Balaban J connectivity index is 1.74. The Kier molecular flexibility index (Phi) is 5.38. The minimum Gasteiger partial charge on any atom is -0.376 e. The quantitative estimate of drug-likeness (QED) is 0.892. The molecule has 0 spiro atoms. The van der Waals surface area contributed by atoms with E-state index in [2.05, 4.69) is 5.32 Å². The van der Waals surface area contributed by atoms with E-state index in [0.29, 0.717) is 11.6 Å². The van der Waals surface area contributed by atoms with Crippen molar-refractivity contribution in [3.8, 4) is 0 Å². The highest BCUT2D eigenvalue weighted by Gasteiger charge is 2.40. The van der Waals surface area contributed by atoms with Crippen molar-refractivity contribution in [3.63, 3.8) is 0 Å². The molecule has 2 aliphatic rings. The van der Waals surface area contributed by atoms with Crippen molar-refractivity contribution in [2.75, 3.05) is 26.8 Å². The molecule has 6 nitrogen and oxygen atoms in total. The van der Waals surface area contributed by atoms with Crippen molar-refractivity contribution < 1.29 is 19.1 Å². The van der Waals surface area contributed by atoms with Crippen molar-refractivity contribution >= 4 is 23.4 Å². The first-order valence-electron chi connectivity index (χ1n) is 8.08. The number of rotatable bonds is 4. The maximum atomic E-state index is 12.6. The van der Waals surface area contributed by atoms with Gasteiger partial charge < -0.3 is 19.7 Å². The maximum Gasteiger partial charge on any atom is 0.251 e. The highest BCUT2D eigenvalue weighted by molar-refractivity contribution is 6.30. The molecular formula is C17H21ClN2O4. The van der Waals surface area contributed by atoms with Crippen LogP contribution in [0.25, 0.3) is 0 Å². The Bertz CT molecular complexity index is 601. The van der Waals surface area contributed by atoms with Crippen LogP contribution in [0.4, 0.5) is 0 Å². The summed E-state index contributed by atoms with van der Waals surface area (Å²) in [7, 11) is 1.69. The van der Waals surface area contributed by atoms with Gasteiger partial charge in [0.05, 0.1) is 12.1 Å². The molecule has 1 aromatic carbocycles. The van der Waals surface area contributed by atoms with E-state index in [1.165, 1.54) is 0 Å². The van der Waals surface area contributed by atoms with Crippen LogP contribution in [0.15, 0.2) is 24.3 Å². The second-order valence-electron chi connectivity index (χ2n) is 6.11. The third-order valence-electron chi connectivity index (χ3n) is 4.48. The number of hydrogen-bond acceptors (Lipinski definition) is 4. The number of amides is 2. The second kappa shape index (κ2) is 7.51. The van der Waals surface area contributed by atoms with Crippen LogP contribution >= 0.6 is 11.6 Å². The van der Waals surface area contributed by atoms with Crippen LogP contribution in [0.3, 0.4) is 0 Å². The van der Waals surface area contributed by atoms with Crippen LogP contribution in [0.5, 0.6) is 0 Å². The van der Waals surface area contributed by atoms with Gasteiger partial charge in [-0.3, -0.25) is 9.59 Å². The van der Waals surface area contributed by atoms with Crippen molar-refractivity contribution in [3.05, 3.63) is 34.9 Å². The fraction of sp³-hybridized carbons (Fsp3) is 0.529. The largest absolute Gasteiger partial charge is 0.376 e. The van der Waals surface area contributed by atoms with Crippen molar-refractivity contribution in [1.82, 2.24) is 10.2 Å². The molecular weight excluding hydrogens is 332 g/mol. The molecule has 2 fully saturated rings. The predicted octanol–water partition coefficient (Wildman–Crippen LogP) is 1.53. The minimum absolute atomic E-state index is 0.0610. The van der Waals surface area contributed by atoms with E-state index in [1.54, 1.807) is 24.1 Å². The zero-order valence-corrected chi connectivity index (χ0v) is 14.3. The van der Waals surface area contributed by atoms with E-state index < -0.39 is 12.1 Å². The molecule has 3 rings (SSSR count). The number of nitrogens with one attached hydrogen (secondary N) is 1. The summed E-state index contributed by atoms with van der Waals surface area (Å²) in [6.07, 6.45) is 1.27. The third kappa shape index (κ3) is 3.71. The number of likely N-dealkylation sites (N-methyl/N-ethyl adjacent to an activating group) is 1. The average molecular weight is 353 g/mol. The molecule has 130 valence electrons. The molecule has 24 heavy (non-hydrogen) atoms. The molecule has 0 radical (unpaired) electrons. The smallest absolute Gasteiger partial charge is 0.251 e. The summed E-state index contributed by atoms with van der Waals surface area (Å²) in [5.74, 6) is -0.386. The molecule has 2 saturated heterocycles. The Hall–Kier alpha value is -1.63. The van der Waals surface area contributed by atoms with Crippen LogP contribution in [-0.2, 0) is 19.1 Å². The molecule has 0 aromatic heterocycles. The molecule has 2 heterocycles. The highest BCUT2D eigenvalue weighted by atomic mass is 35.5. The lowest BCUT2D eigenvalue weighted by Crippen LogP contribution is -2.53. The van der Waals surface area contributed by atoms with Gasteiger partial charge in [-0.2, -0.15) is 0 Å². The zero-order chi connectivity index (χ0) is 17.1. The Morgan fingerprint density at radius 2 is 2.08 bits per heavy atom. The molecule has 2 amide bonds. The second-order valence-corrected chi connectivity index (χ2v) is 6.55. The normalized spacial score (nSPS) is 27.3. The number of halogens is 1. The van der Waals surface area contributed by atoms with Crippen LogP contribution in [0.2, 0.25) is 5.02 Å². The summed E-state index contributed by atoms with van der Waals surface area (Å²) in [5.41, 5.74) is 0.812. The van der Waals surface area contributed by atoms with Gasteiger partial charge in [-0.1, -0.05) is 23.7 Å². The van der Waals surface area contributed by atoms with Gasteiger partial charge in [0.15, 0.2) is 6.10 Å². The van der Waals surface area contributed by atoms with Crippen LogP contribution in [0.1, 0.15) is 24.4 Å². The number of carbonyl (C=O) groups excluding carboxylic acids is 2. The van der Waals surface area contributed by atoms with Gasteiger partial charge in [0.2, 0.25) is 5.91 Å². The summed E-state index contributed by atoms with van der Waals surface area (Å²) < 4.78 is 11.1. The Morgan fingerprint density at radius 1 is 1.33 bits per heavy atom. The fourth-order valence-electron chi connectivity index (χ4n) is 3.11. The van der Waals surface area contributed by atoms with E-state index in [-0.39, 0.29) is 24.5 Å². The molecule has 2 aliphatic heterocycles. The Labute approximate surface area is 146 Å². The Morgan fingerprint density at radius 3 is 2.75 bits per heavy atom. The monoisotopic (exact) mass is 352 g/mol. The van der Waals surface area contributed by atoms with Crippen LogP contribution in [0, 0.1) is 0 Å². The lowest BCUT2D eigenvalue weighted by molar-refractivity contribution is -0.162. The van der Waals surface area contributed by atoms with Crippen molar-refractivity contribution in [2.45, 2.75) is 31.1 Å². The van der Waals surface area contributed by atoms with E-state index in [1.807, 2.05) is 12.1 Å². The summed E-state index contributed by atoms with van der Waals surface area (Å²) in [6, 6.07) is 6.63. The van der Waals surface area contributed by atoms with E-state index in [9.17, 15) is 9.59 Å². The van der Waals surface area contributed by atoms with E-state index in [0.717, 1.165) is 25.0 Å². The van der Waals surface area contributed by atoms with Gasteiger partial charge in [0, 0.05) is 25.2 Å². The minimum atomic E-state index is -0.754. The predicted molar refractivity (Wildman–Crippen MR) is 88.7 cm³/mol. The fourth-order valence-corrected chi connectivity index (χ4v) is 3.24. The van der Waals surface area contributed by atoms with Gasteiger partial charge >= 0.3 is 0 Å². The summed E-state index contributed by atoms with van der Waals surface area (Å²) in [6.45, 7) is 1.10. The van der Waals surface area contributed by atoms with Crippen LogP contribution < -0.4 is 5.32 Å².